The maximum absolute atomic E-state index is 13.9. The standard InChI is InChI=1S/C39H45N3O9/c1-22-12-11-15-26(43)14-8-6-7-13-24-18-30(44)35(36(46)34(24)39(47)51-22)27(25-19-31(48-3)37(50-5)32(20-25)49-4)21-33(45)40-23(2)38-41-28-16-9-10-17-29(28)42-38/h7,9-10,13,16-20,22-23,27,44,46H,6,8,11-12,14-15,21H2,1-5H3,(H,40,45)(H,41,42)/b13-7+/t22-,23-,27?/m0/s1. The van der Waals surface area contributed by atoms with Gasteiger partial charge in [-0.3, -0.25) is 9.59 Å². The third-order valence-electron chi connectivity index (χ3n) is 9.07. The minimum atomic E-state index is -1.01. The lowest BCUT2D eigenvalue weighted by molar-refractivity contribution is -0.122. The van der Waals surface area contributed by atoms with Gasteiger partial charge in [-0.1, -0.05) is 24.3 Å². The molecule has 0 aliphatic carbocycles. The molecular weight excluding hydrogens is 654 g/mol. The number of para-hydroxylation sites is 2. The van der Waals surface area contributed by atoms with Crippen LogP contribution in [0.25, 0.3) is 17.1 Å². The topological polar surface area (TPSA) is 169 Å². The van der Waals surface area contributed by atoms with Gasteiger partial charge in [0.05, 0.1) is 44.5 Å². The second-order valence-electron chi connectivity index (χ2n) is 12.7. The summed E-state index contributed by atoms with van der Waals surface area (Å²) in [6, 6.07) is 11.7. The predicted octanol–water partition coefficient (Wildman–Crippen LogP) is 6.88. The van der Waals surface area contributed by atoms with E-state index < -0.39 is 35.7 Å². The lowest BCUT2D eigenvalue weighted by atomic mass is 9.84. The lowest BCUT2D eigenvalue weighted by Gasteiger charge is -2.25. The quantitative estimate of drug-likeness (QED) is 0.135. The molecule has 3 atom stereocenters. The van der Waals surface area contributed by atoms with Gasteiger partial charge in [0.2, 0.25) is 11.7 Å². The predicted molar refractivity (Wildman–Crippen MR) is 192 cm³/mol. The summed E-state index contributed by atoms with van der Waals surface area (Å²) in [7, 11) is 4.38. The van der Waals surface area contributed by atoms with Gasteiger partial charge in [0.1, 0.15) is 28.7 Å². The Balaban J connectivity index is 1.60. The van der Waals surface area contributed by atoms with Gasteiger partial charge in [-0.2, -0.15) is 0 Å². The molecule has 0 fully saturated rings. The van der Waals surface area contributed by atoms with E-state index in [0.717, 1.165) is 11.0 Å². The molecule has 0 saturated heterocycles. The van der Waals surface area contributed by atoms with Crippen LogP contribution in [0.1, 0.15) is 104 Å². The number of esters is 1. The molecule has 4 aromatic rings. The van der Waals surface area contributed by atoms with E-state index in [1.165, 1.54) is 27.4 Å². The molecule has 1 unspecified atom stereocenters. The van der Waals surface area contributed by atoms with E-state index in [1.807, 2.05) is 24.3 Å². The number of amides is 1. The maximum atomic E-state index is 13.9. The van der Waals surface area contributed by atoms with Crippen LogP contribution >= 0.6 is 0 Å². The highest BCUT2D eigenvalue weighted by Crippen LogP contribution is 2.48. The third-order valence-corrected chi connectivity index (χ3v) is 9.07. The molecule has 3 aromatic carbocycles. The summed E-state index contributed by atoms with van der Waals surface area (Å²) in [5.74, 6) is -1.49. The maximum Gasteiger partial charge on any atom is 0.342 e. The van der Waals surface area contributed by atoms with E-state index in [-0.39, 0.29) is 34.6 Å². The second-order valence-corrected chi connectivity index (χ2v) is 12.7. The smallest absolute Gasteiger partial charge is 0.342 e. The molecule has 5 rings (SSSR count). The van der Waals surface area contributed by atoms with Gasteiger partial charge in [0.15, 0.2) is 11.5 Å². The molecule has 1 amide bonds. The number of carbonyl (C=O) groups excluding carboxylic acids is 3. The number of rotatable bonds is 9. The summed E-state index contributed by atoms with van der Waals surface area (Å²) in [5.41, 5.74) is 2.05. The second kappa shape index (κ2) is 16.5. The Bertz CT molecular complexity index is 1870. The van der Waals surface area contributed by atoms with Crippen molar-refractivity contribution in [3.8, 4) is 28.7 Å². The van der Waals surface area contributed by atoms with Crippen molar-refractivity contribution in [3.05, 3.63) is 76.6 Å². The number of fused-ring (bicyclic) bond motifs is 2. The zero-order valence-corrected chi connectivity index (χ0v) is 29.6. The normalized spacial score (nSPS) is 17.4. The molecule has 1 aromatic heterocycles. The van der Waals surface area contributed by atoms with Crippen molar-refractivity contribution >= 4 is 34.8 Å². The number of phenolic OH excluding ortho intramolecular Hbond substituents is 2. The molecule has 12 nitrogen and oxygen atoms in total. The summed E-state index contributed by atoms with van der Waals surface area (Å²) in [6.07, 6.45) is 5.65. The number of hydrogen-bond acceptors (Lipinski definition) is 10. The first-order valence-electron chi connectivity index (χ1n) is 17.1. The van der Waals surface area contributed by atoms with Crippen LogP contribution in [-0.2, 0) is 14.3 Å². The molecule has 4 N–H and O–H groups in total. The number of cyclic esters (lactones) is 1. The number of ether oxygens (including phenoxy) is 4. The molecule has 51 heavy (non-hydrogen) atoms. The van der Waals surface area contributed by atoms with E-state index in [2.05, 4.69) is 15.3 Å². The molecule has 0 spiro atoms. The van der Waals surface area contributed by atoms with Gasteiger partial charge in [0.25, 0.3) is 0 Å². The zero-order valence-electron chi connectivity index (χ0n) is 29.6. The number of allylic oxidation sites excluding steroid dienone is 1. The van der Waals surface area contributed by atoms with Crippen molar-refractivity contribution in [2.75, 3.05) is 21.3 Å². The van der Waals surface area contributed by atoms with Crippen LogP contribution < -0.4 is 19.5 Å². The van der Waals surface area contributed by atoms with Gasteiger partial charge in [-0.15, -0.1) is 0 Å². The van der Waals surface area contributed by atoms with E-state index in [1.54, 1.807) is 38.1 Å². The highest BCUT2D eigenvalue weighted by atomic mass is 16.5. The number of carbonyl (C=O) groups is 3. The number of aromatic amines is 1. The van der Waals surface area contributed by atoms with Gasteiger partial charge in [-0.05, 0) is 81.0 Å². The number of hydrogen-bond donors (Lipinski definition) is 4. The number of ketones is 1. The monoisotopic (exact) mass is 699 g/mol. The Morgan fingerprint density at radius 1 is 1.04 bits per heavy atom. The lowest BCUT2D eigenvalue weighted by Crippen LogP contribution is -2.29. The van der Waals surface area contributed by atoms with Crippen LogP contribution in [0.2, 0.25) is 0 Å². The van der Waals surface area contributed by atoms with Crippen LogP contribution in [0.5, 0.6) is 28.7 Å². The van der Waals surface area contributed by atoms with E-state index in [9.17, 15) is 24.6 Å². The zero-order chi connectivity index (χ0) is 36.7. The van der Waals surface area contributed by atoms with Crippen LogP contribution in [0.4, 0.5) is 0 Å². The number of imidazole rings is 1. The summed E-state index contributed by atoms with van der Waals surface area (Å²) >= 11 is 0. The van der Waals surface area contributed by atoms with Crippen molar-refractivity contribution in [1.82, 2.24) is 15.3 Å². The molecule has 270 valence electrons. The molecule has 0 radical (unpaired) electrons. The number of phenols is 2. The fourth-order valence-corrected chi connectivity index (χ4v) is 6.44. The van der Waals surface area contributed by atoms with Gasteiger partial charge < -0.3 is 39.5 Å². The summed E-state index contributed by atoms with van der Waals surface area (Å²) in [6.45, 7) is 3.53. The van der Waals surface area contributed by atoms with Crippen molar-refractivity contribution < 1.29 is 43.5 Å². The molecule has 1 aliphatic heterocycles. The van der Waals surface area contributed by atoms with Gasteiger partial charge in [0, 0.05) is 30.7 Å². The number of Topliss-reactive ketones (excluding diaryl/α,β-unsaturated/α-hetero) is 1. The largest absolute Gasteiger partial charge is 0.507 e. The average molecular weight is 700 g/mol. The van der Waals surface area contributed by atoms with Crippen molar-refractivity contribution in [1.29, 1.82) is 0 Å². The highest BCUT2D eigenvalue weighted by molar-refractivity contribution is 5.98. The number of H-pyrrole nitrogens is 1. The molecule has 0 saturated carbocycles. The number of nitrogens with zero attached hydrogens (tertiary/aromatic N) is 1. The first-order chi connectivity index (χ1) is 24.5. The average Bonchev–Trinajstić information content (AvgIpc) is 3.54. The van der Waals surface area contributed by atoms with Crippen molar-refractivity contribution in [3.63, 3.8) is 0 Å². The number of benzene rings is 3. The Morgan fingerprint density at radius 3 is 2.43 bits per heavy atom. The number of aromatic hydroxyl groups is 2. The Labute approximate surface area is 296 Å². The SMILES string of the molecule is COc1cc(C(CC(=O)N[C@@H](C)c2nc3ccccc3[nH]2)c2c(O)cc3c(c2O)C(=O)O[C@@H](C)CCCC(=O)CCC/C=C/3)cc(OC)c1OC. The van der Waals surface area contributed by atoms with Gasteiger partial charge in [-0.25, -0.2) is 9.78 Å². The summed E-state index contributed by atoms with van der Waals surface area (Å²) < 4.78 is 22.5. The Hall–Kier alpha value is -5.52. The fraction of sp³-hybridized carbons (Fsp3) is 0.385. The number of nitrogens with one attached hydrogen (secondary N) is 2. The van der Waals surface area contributed by atoms with E-state index in [4.69, 9.17) is 18.9 Å². The van der Waals surface area contributed by atoms with Crippen molar-refractivity contribution in [2.24, 2.45) is 0 Å². The van der Waals surface area contributed by atoms with Crippen molar-refractivity contribution in [2.45, 2.75) is 76.9 Å². The minimum Gasteiger partial charge on any atom is -0.507 e. The molecule has 2 heterocycles. The first-order valence-corrected chi connectivity index (χ1v) is 17.1. The molecule has 12 heteroatoms. The minimum absolute atomic E-state index is 0.0562. The van der Waals surface area contributed by atoms with Crippen LogP contribution in [0.3, 0.4) is 0 Å². The molecule has 0 bridgehead atoms. The Morgan fingerprint density at radius 2 is 1.75 bits per heavy atom. The van der Waals surface area contributed by atoms with E-state index >= 15 is 0 Å². The summed E-state index contributed by atoms with van der Waals surface area (Å²) in [5, 5.41) is 26.6. The van der Waals surface area contributed by atoms with E-state index in [0.29, 0.717) is 67.2 Å². The van der Waals surface area contributed by atoms with Crippen LogP contribution in [0.15, 0.2) is 48.5 Å². The number of methoxy groups -OCH3 is 3. The van der Waals surface area contributed by atoms with Crippen LogP contribution in [-0.4, -0.2) is 65.3 Å². The molecule has 1 aliphatic rings. The first kappa shape index (κ1) is 36.8. The Kier molecular flexibility index (Phi) is 11.9. The van der Waals surface area contributed by atoms with Gasteiger partial charge >= 0.3 is 5.97 Å². The molecular formula is C39H45N3O9. The highest BCUT2D eigenvalue weighted by Gasteiger charge is 2.32. The van der Waals surface area contributed by atoms with Crippen LogP contribution in [0, 0.1) is 0 Å². The summed E-state index contributed by atoms with van der Waals surface area (Å²) in [4.78, 5) is 47.7. The number of aromatic nitrogens is 2. The third kappa shape index (κ3) is 8.45. The fourth-order valence-electron chi connectivity index (χ4n) is 6.44.